The molecule has 0 fully saturated rings. The number of nitrogens with zero attached hydrogens (tertiary/aromatic N) is 4. The van der Waals surface area contributed by atoms with Gasteiger partial charge in [-0.05, 0) is 0 Å². The third-order valence-corrected chi connectivity index (χ3v) is 2.12. The van der Waals surface area contributed by atoms with Crippen molar-refractivity contribution >= 4 is 11.5 Å². The molecule has 0 aromatic carbocycles. The van der Waals surface area contributed by atoms with E-state index >= 15 is 0 Å². The van der Waals surface area contributed by atoms with Crippen LogP contribution in [0.2, 0.25) is 0 Å². The first-order valence-electron chi connectivity index (χ1n) is 3.41. The summed E-state index contributed by atoms with van der Waals surface area (Å²) in [6.07, 6.45) is 5.03. The minimum Gasteiger partial charge on any atom is -0.324 e. The zero-order valence-corrected chi connectivity index (χ0v) is 7.03. The fraction of sp³-hybridized carbons (Fsp3) is 0.167. The minimum absolute atomic E-state index is 0.409. The van der Waals surface area contributed by atoms with E-state index < -0.39 is 0 Å². The highest BCUT2D eigenvalue weighted by atomic mass is 32.1. The number of hydrogen-bond donors (Lipinski definition) is 1. The molecule has 0 saturated carbocycles. The Balaban J connectivity index is 2.46. The molecule has 0 aliphatic rings. The van der Waals surface area contributed by atoms with Gasteiger partial charge in [0.2, 0.25) is 5.13 Å². The molecule has 0 atom stereocenters. The Morgan fingerprint density at radius 3 is 3.08 bits per heavy atom. The smallest absolute Gasteiger partial charge is 0.214 e. The van der Waals surface area contributed by atoms with Crippen LogP contribution in [0.4, 0.5) is 0 Å². The lowest BCUT2D eigenvalue weighted by atomic mass is 10.6. The Kier molecular flexibility index (Phi) is 1.84. The van der Waals surface area contributed by atoms with E-state index in [1.807, 2.05) is 10.8 Å². The van der Waals surface area contributed by atoms with Crippen molar-refractivity contribution in [2.24, 2.45) is 5.73 Å². The number of nitrogens with two attached hydrogens (primary N) is 1. The summed E-state index contributed by atoms with van der Waals surface area (Å²) in [4.78, 5) is 8.11. The number of imidazole rings is 1. The van der Waals surface area contributed by atoms with Gasteiger partial charge in [-0.1, -0.05) is 0 Å². The molecule has 12 heavy (non-hydrogen) atoms. The van der Waals surface area contributed by atoms with Crippen molar-refractivity contribution in [1.82, 2.24) is 18.9 Å². The van der Waals surface area contributed by atoms with Crippen LogP contribution in [0.15, 0.2) is 18.7 Å². The lowest BCUT2D eigenvalue weighted by molar-refractivity contribution is 0.861. The maximum absolute atomic E-state index is 5.47. The molecular weight excluding hydrogens is 174 g/mol. The van der Waals surface area contributed by atoms with Gasteiger partial charge in [0, 0.05) is 23.9 Å². The highest BCUT2D eigenvalue weighted by molar-refractivity contribution is 7.07. The van der Waals surface area contributed by atoms with Gasteiger partial charge in [-0.3, -0.25) is 4.57 Å². The van der Waals surface area contributed by atoms with Crippen molar-refractivity contribution < 1.29 is 0 Å². The average molecular weight is 181 g/mol. The van der Waals surface area contributed by atoms with Crippen molar-refractivity contribution in [1.29, 1.82) is 0 Å². The van der Waals surface area contributed by atoms with Gasteiger partial charge in [0.05, 0.1) is 6.54 Å². The van der Waals surface area contributed by atoms with Gasteiger partial charge in [0.1, 0.15) is 12.2 Å². The lowest BCUT2D eigenvalue weighted by Crippen LogP contribution is -2.05. The lowest BCUT2D eigenvalue weighted by Gasteiger charge is -1.98. The van der Waals surface area contributed by atoms with E-state index in [2.05, 4.69) is 14.3 Å². The van der Waals surface area contributed by atoms with Crippen LogP contribution in [-0.2, 0) is 6.54 Å². The molecule has 5 nitrogen and oxygen atoms in total. The molecule has 0 spiro atoms. The van der Waals surface area contributed by atoms with Crippen LogP contribution in [0.3, 0.4) is 0 Å². The Labute approximate surface area is 73.1 Å². The Bertz CT molecular complexity index is 352. The van der Waals surface area contributed by atoms with E-state index in [0.29, 0.717) is 6.54 Å². The van der Waals surface area contributed by atoms with Crippen molar-refractivity contribution in [3.05, 3.63) is 24.5 Å². The first-order chi connectivity index (χ1) is 5.92. The molecule has 2 rings (SSSR count). The predicted octanol–water partition coefficient (Wildman–Crippen LogP) is 0.182. The molecule has 2 aromatic heterocycles. The van der Waals surface area contributed by atoms with Crippen LogP contribution in [0.1, 0.15) is 5.82 Å². The summed E-state index contributed by atoms with van der Waals surface area (Å²) in [5, 5.41) is 0.799. The van der Waals surface area contributed by atoms with Crippen LogP contribution in [-0.4, -0.2) is 18.9 Å². The molecule has 2 N–H and O–H groups in total. The largest absolute Gasteiger partial charge is 0.324 e. The summed E-state index contributed by atoms with van der Waals surface area (Å²) in [5.74, 6) is 0.798. The second-order valence-corrected chi connectivity index (χ2v) is 2.90. The molecular formula is C6H7N5S. The molecule has 2 heterocycles. The SMILES string of the molecule is NCc1nccn1-c1ncns1. The van der Waals surface area contributed by atoms with Gasteiger partial charge in [0.25, 0.3) is 0 Å². The second-order valence-electron chi connectivity index (χ2n) is 2.14. The Morgan fingerprint density at radius 2 is 2.42 bits per heavy atom. The number of hydrogen-bond acceptors (Lipinski definition) is 5. The molecule has 62 valence electrons. The monoisotopic (exact) mass is 181 g/mol. The van der Waals surface area contributed by atoms with Gasteiger partial charge >= 0.3 is 0 Å². The number of aromatic nitrogens is 4. The Morgan fingerprint density at radius 1 is 1.50 bits per heavy atom. The fourth-order valence-corrected chi connectivity index (χ4v) is 1.47. The highest BCUT2D eigenvalue weighted by Crippen LogP contribution is 2.09. The van der Waals surface area contributed by atoms with Gasteiger partial charge in [-0.15, -0.1) is 0 Å². The van der Waals surface area contributed by atoms with Gasteiger partial charge in [0.15, 0.2) is 0 Å². The molecule has 0 unspecified atom stereocenters. The molecule has 0 bridgehead atoms. The molecule has 0 radical (unpaired) electrons. The summed E-state index contributed by atoms with van der Waals surface area (Å²) in [5.41, 5.74) is 5.47. The van der Waals surface area contributed by atoms with E-state index in [1.54, 1.807) is 6.20 Å². The molecule has 0 saturated heterocycles. The zero-order chi connectivity index (χ0) is 8.39. The summed E-state index contributed by atoms with van der Waals surface area (Å²) in [6, 6.07) is 0. The van der Waals surface area contributed by atoms with E-state index in [1.165, 1.54) is 17.9 Å². The summed E-state index contributed by atoms with van der Waals surface area (Å²) >= 11 is 1.32. The topological polar surface area (TPSA) is 69.6 Å². The van der Waals surface area contributed by atoms with Gasteiger partial charge in [-0.2, -0.15) is 4.37 Å². The van der Waals surface area contributed by atoms with E-state index in [4.69, 9.17) is 5.73 Å². The quantitative estimate of drug-likeness (QED) is 0.717. The standard InChI is InChI=1S/C6H7N5S/c7-3-5-8-1-2-11(5)6-9-4-10-12-6/h1-2,4H,3,7H2. The van der Waals surface area contributed by atoms with E-state index in [0.717, 1.165) is 11.0 Å². The molecule has 0 aliphatic heterocycles. The minimum atomic E-state index is 0.409. The van der Waals surface area contributed by atoms with Gasteiger partial charge < -0.3 is 5.73 Å². The highest BCUT2D eigenvalue weighted by Gasteiger charge is 2.04. The molecule has 0 aliphatic carbocycles. The molecule has 2 aromatic rings. The average Bonchev–Trinajstić information content (AvgIpc) is 2.74. The fourth-order valence-electron chi connectivity index (χ4n) is 0.933. The zero-order valence-electron chi connectivity index (χ0n) is 6.21. The Hall–Kier alpha value is -1.27. The van der Waals surface area contributed by atoms with Crippen LogP contribution in [0, 0.1) is 0 Å². The van der Waals surface area contributed by atoms with E-state index in [-0.39, 0.29) is 0 Å². The second kappa shape index (κ2) is 3.00. The van der Waals surface area contributed by atoms with Crippen LogP contribution in [0.5, 0.6) is 0 Å². The maximum atomic E-state index is 5.47. The van der Waals surface area contributed by atoms with Crippen molar-refractivity contribution in [2.75, 3.05) is 0 Å². The first kappa shape index (κ1) is 7.38. The van der Waals surface area contributed by atoms with Gasteiger partial charge in [-0.25, -0.2) is 9.97 Å². The van der Waals surface area contributed by atoms with E-state index in [9.17, 15) is 0 Å². The van der Waals surface area contributed by atoms with Crippen LogP contribution < -0.4 is 5.73 Å². The van der Waals surface area contributed by atoms with Crippen LogP contribution in [0.25, 0.3) is 5.13 Å². The summed E-state index contributed by atoms with van der Waals surface area (Å²) in [6.45, 7) is 0.409. The molecule has 0 amide bonds. The summed E-state index contributed by atoms with van der Waals surface area (Å²) in [7, 11) is 0. The third kappa shape index (κ3) is 1.10. The third-order valence-electron chi connectivity index (χ3n) is 1.46. The van der Waals surface area contributed by atoms with Crippen molar-refractivity contribution in [2.45, 2.75) is 6.54 Å². The van der Waals surface area contributed by atoms with Crippen LogP contribution >= 0.6 is 11.5 Å². The predicted molar refractivity (Wildman–Crippen MR) is 44.9 cm³/mol. The number of rotatable bonds is 2. The molecule has 6 heteroatoms. The van der Waals surface area contributed by atoms with Crippen molar-refractivity contribution in [3.63, 3.8) is 0 Å². The first-order valence-corrected chi connectivity index (χ1v) is 4.18. The normalized spacial score (nSPS) is 10.4. The summed E-state index contributed by atoms with van der Waals surface area (Å²) < 4.78 is 5.73. The van der Waals surface area contributed by atoms with Crippen molar-refractivity contribution in [3.8, 4) is 5.13 Å². The maximum Gasteiger partial charge on any atom is 0.214 e.